The Morgan fingerprint density at radius 3 is 2.81 bits per heavy atom. The molecule has 1 unspecified atom stereocenters. The molecule has 2 fully saturated rings. The molecule has 37 heavy (non-hydrogen) atoms. The quantitative estimate of drug-likeness (QED) is 0.417. The second kappa shape index (κ2) is 9.50. The van der Waals surface area contributed by atoms with Crippen molar-refractivity contribution in [2.75, 3.05) is 42.6 Å². The van der Waals surface area contributed by atoms with E-state index in [0.717, 1.165) is 29.0 Å². The van der Waals surface area contributed by atoms with Gasteiger partial charge in [0, 0.05) is 49.8 Å². The lowest BCUT2D eigenvalue weighted by Gasteiger charge is -2.36. The number of anilines is 2. The molecule has 10 heteroatoms. The van der Waals surface area contributed by atoms with Gasteiger partial charge >= 0.3 is 0 Å². The zero-order chi connectivity index (χ0) is 25.4. The standard InChI is InChI=1S/C27H28FN7O2/c1-19-18-37-14-13-34(19)25-15-20(23-17-30-35(26(23)31-25)24-6-10-29-32-24)5-7-27(36)8-11-33(12-9-27)22-4-2-3-21(28)16-22/h2-4,6,10,15-17,19,36H,8-9,11-14,18H2,1H3,(H,29,32). The predicted molar refractivity (Wildman–Crippen MR) is 138 cm³/mol. The van der Waals surface area contributed by atoms with Crippen molar-refractivity contribution in [3.05, 3.63) is 60.2 Å². The van der Waals surface area contributed by atoms with Gasteiger partial charge in [-0.1, -0.05) is 17.9 Å². The maximum Gasteiger partial charge on any atom is 0.168 e. The van der Waals surface area contributed by atoms with Gasteiger partial charge in [-0.05, 0) is 31.2 Å². The number of pyridine rings is 1. The Kier molecular flexibility index (Phi) is 6.02. The maximum absolute atomic E-state index is 13.7. The van der Waals surface area contributed by atoms with E-state index < -0.39 is 5.60 Å². The normalized spacial score (nSPS) is 19.6. The second-order valence-corrected chi connectivity index (χ2v) is 9.63. The van der Waals surface area contributed by atoms with Gasteiger partial charge in [-0.25, -0.2) is 9.37 Å². The third-order valence-electron chi connectivity index (χ3n) is 7.10. The first-order chi connectivity index (χ1) is 18.0. The highest BCUT2D eigenvalue weighted by Gasteiger charge is 2.31. The number of ether oxygens (including phenoxy) is 1. The number of piperidine rings is 1. The molecule has 2 saturated heterocycles. The summed E-state index contributed by atoms with van der Waals surface area (Å²) in [4.78, 5) is 9.24. The number of nitrogens with one attached hydrogen (secondary N) is 1. The van der Waals surface area contributed by atoms with E-state index in [-0.39, 0.29) is 11.9 Å². The topological polar surface area (TPSA) is 95.3 Å². The average Bonchev–Trinajstić information content (AvgIpc) is 3.58. The Bertz CT molecular complexity index is 1470. The summed E-state index contributed by atoms with van der Waals surface area (Å²) in [6.07, 6.45) is 4.34. The summed E-state index contributed by atoms with van der Waals surface area (Å²) in [7, 11) is 0. The minimum atomic E-state index is -1.13. The van der Waals surface area contributed by atoms with E-state index in [4.69, 9.17) is 9.72 Å². The predicted octanol–water partition coefficient (Wildman–Crippen LogP) is 2.89. The van der Waals surface area contributed by atoms with Gasteiger partial charge in [0.1, 0.15) is 17.2 Å². The highest BCUT2D eigenvalue weighted by Crippen LogP contribution is 2.29. The number of aliphatic hydroxyl groups is 1. The van der Waals surface area contributed by atoms with E-state index in [1.165, 1.54) is 12.1 Å². The van der Waals surface area contributed by atoms with E-state index in [2.05, 4.69) is 43.9 Å². The van der Waals surface area contributed by atoms with Crippen molar-refractivity contribution >= 4 is 22.5 Å². The van der Waals surface area contributed by atoms with Crippen LogP contribution in [0.2, 0.25) is 0 Å². The SMILES string of the molecule is CC1COCCN1c1cc(C#CC2(O)CCN(c3cccc(F)c3)CC2)c2cnn(-c3ccn[nH]3)c2n1. The number of hydrogen-bond acceptors (Lipinski definition) is 7. The molecule has 0 spiro atoms. The largest absolute Gasteiger partial charge is 0.377 e. The van der Waals surface area contributed by atoms with Crippen molar-refractivity contribution in [1.29, 1.82) is 0 Å². The maximum atomic E-state index is 13.7. The number of fused-ring (bicyclic) bond motifs is 1. The number of rotatable bonds is 3. The van der Waals surface area contributed by atoms with Gasteiger partial charge in [0.25, 0.3) is 0 Å². The first kappa shape index (κ1) is 23.5. The number of halogens is 1. The Hall–Kier alpha value is -3.94. The molecule has 5 heterocycles. The van der Waals surface area contributed by atoms with Gasteiger partial charge in [0.2, 0.25) is 0 Å². The lowest BCUT2D eigenvalue weighted by Crippen LogP contribution is -2.44. The van der Waals surface area contributed by atoms with Crippen LogP contribution in [0.5, 0.6) is 0 Å². The second-order valence-electron chi connectivity index (χ2n) is 9.63. The van der Waals surface area contributed by atoms with Gasteiger partial charge < -0.3 is 19.6 Å². The molecule has 1 atom stereocenters. The summed E-state index contributed by atoms with van der Waals surface area (Å²) in [6, 6.07) is 10.5. The molecular weight excluding hydrogens is 473 g/mol. The Balaban J connectivity index is 1.33. The third kappa shape index (κ3) is 4.63. The van der Waals surface area contributed by atoms with Crippen LogP contribution < -0.4 is 9.80 Å². The molecule has 0 radical (unpaired) electrons. The van der Waals surface area contributed by atoms with Gasteiger partial charge in [-0.2, -0.15) is 14.9 Å². The first-order valence-corrected chi connectivity index (χ1v) is 12.5. The van der Waals surface area contributed by atoms with E-state index >= 15 is 0 Å². The lowest BCUT2D eigenvalue weighted by molar-refractivity contribution is 0.0746. The van der Waals surface area contributed by atoms with Crippen molar-refractivity contribution in [1.82, 2.24) is 25.0 Å². The molecule has 4 aromatic rings. The minimum absolute atomic E-state index is 0.166. The lowest BCUT2D eigenvalue weighted by atomic mass is 9.91. The van der Waals surface area contributed by atoms with E-state index in [1.54, 1.807) is 23.1 Å². The minimum Gasteiger partial charge on any atom is -0.377 e. The van der Waals surface area contributed by atoms with Gasteiger partial charge in [-0.3, -0.25) is 5.10 Å². The highest BCUT2D eigenvalue weighted by molar-refractivity contribution is 5.85. The molecule has 1 aromatic carbocycles. The van der Waals surface area contributed by atoms with Crippen molar-refractivity contribution in [3.63, 3.8) is 0 Å². The summed E-state index contributed by atoms with van der Waals surface area (Å²) in [5.74, 6) is 7.65. The summed E-state index contributed by atoms with van der Waals surface area (Å²) in [5, 5.41) is 23.6. The molecule has 2 N–H and O–H groups in total. The molecule has 6 rings (SSSR count). The van der Waals surface area contributed by atoms with Crippen LogP contribution in [0, 0.1) is 17.7 Å². The molecule has 0 bridgehead atoms. The molecule has 0 saturated carbocycles. The fourth-order valence-electron chi connectivity index (χ4n) is 4.96. The van der Waals surface area contributed by atoms with Crippen molar-refractivity contribution in [3.8, 4) is 17.7 Å². The molecule has 3 aromatic heterocycles. The number of benzene rings is 1. The molecule has 0 aliphatic carbocycles. The van der Waals surface area contributed by atoms with Gasteiger partial charge in [0.05, 0.1) is 37.0 Å². The Labute approximate surface area is 213 Å². The number of H-pyrrole nitrogens is 1. The molecule has 2 aliphatic rings. The van der Waals surface area contributed by atoms with Crippen LogP contribution in [-0.4, -0.2) is 74.6 Å². The Morgan fingerprint density at radius 1 is 1.19 bits per heavy atom. The summed E-state index contributed by atoms with van der Waals surface area (Å²) in [5.41, 5.74) is 1.11. The molecule has 0 amide bonds. The number of hydrogen-bond donors (Lipinski definition) is 2. The third-order valence-corrected chi connectivity index (χ3v) is 7.10. The van der Waals surface area contributed by atoms with Gasteiger partial charge in [0.15, 0.2) is 11.5 Å². The van der Waals surface area contributed by atoms with Crippen LogP contribution in [0.3, 0.4) is 0 Å². The van der Waals surface area contributed by atoms with Crippen LogP contribution in [0.15, 0.2) is 48.8 Å². The zero-order valence-electron chi connectivity index (χ0n) is 20.6. The van der Waals surface area contributed by atoms with Crippen LogP contribution in [-0.2, 0) is 4.74 Å². The number of nitrogens with zero attached hydrogens (tertiary/aromatic N) is 6. The molecule has 9 nitrogen and oxygen atoms in total. The van der Waals surface area contributed by atoms with E-state index in [9.17, 15) is 9.50 Å². The van der Waals surface area contributed by atoms with Crippen LogP contribution in [0.4, 0.5) is 15.9 Å². The smallest absolute Gasteiger partial charge is 0.168 e. The van der Waals surface area contributed by atoms with Crippen LogP contribution >= 0.6 is 0 Å². The summed E-state index contributed by atoms with van der Waals surface area (Å²) < 4.78 is 21.0. The fraction of sp³-hybridized carbons (Fsp3) is 0.370. The van der Waals surface area contributed by atoms with Crippen molar-refractivity contribution in [2.45, 2.75) is 31.4 Å². The zero-order valence-corrected chi connectivity index (χ0v) is 20.6. The summed E-state index contributed by atoms with van der Waals surface area (Å²) >= 11 is 0. The van der Waals surface area contributed by atoms with E-state index in [0.29, 0.717) is 50.6 Å². The number of aromatic nitrogens is 5. The Morgan fingerprint density at radius 2 is 2.05 bits per heavy atom. The number of morpholine rings is 1. The monoisotopic (exact) mass is 501 g/mol. The van der Waals surface area contributed by atoms with Crippen LogP contribution in [0.25, 0.3) is 16.9 Å². The summed E-state index contributed by atoms with van der Waals surface area (Å²) in [6.45, 7) is 5.28. The number of aromatic amines is 1. The van der Waals surface area contributed by atoms with Crippen LogP contribution in [0.1, 0.15) is 25.3 Å². The van der Waals surface area contributed by atoms with Crippen molar-refractivity contribution < 1.29 is 14.2 Å². The first-order valence-electron chi connectivity index (χ1n) is 12.5. The molecule has 2 aliphatic heterocycles. The van der Waals surface area contributed by atoms with E-state index in [1.807, 2.05) is 18.2 Å². The van der Waals surface area contributed by atoms with Crippen molar-refractivity contribution in [2.24, 2.45) is 0 Å². The fourth-order valence-corrected chi connectivity index (χ4v) is 4.96. The highest BCUT2D eigenvalue weighted by atomic mass is 19.1. The molecular formula is C27H28FN7O2. The van der Waals surface area contributed by atoms with Gasteiger partial charge in [-0.15, -0.1) is 0 Å². The average molecular weight is 502 g/mol. The molecule has 190 valence electrons.